The maximum absolute atomic E-state index is 13.6. The number of alkyl halides is 2. The van der Waals surface area contributed by atoms with Gasteiger partial charge in [0.05, 0.1) is 11.8 Å². The van der Waals surface area contributed by atoms with Gasteiger partial charge in [0.25, 0.3) is 5.56 Å². The molecule has 4 aliphatic rings. The topological polar surface area (TPSA) is 78.5 Å². The second-order valence-corrected chi connectivity index (χ2v) is 10.8. The highest BCUT2D eigenvalue weighted by Crippen LogP contribution is 2.76. The SMILES string of the molecule is Cc1nc2c(C34CC(C(F)F)(C3)C4)cc([C@@H]3CCO[C@H](c4ccc(=O)n(C)c4)C3)nn2c(=O)c1C. The van der Waals surface area contributed by atoms with Crippen molar-refractivity contribution in [3.05, 3.63) is 73.2 Å². The fourth-order valence-corrected chi connectivity index (χ4v) is 6.40. The summed E-state index contributed by atoms with van der Waals surface area (Å²) in [6.07, 6.45) is 1.93. The molecule has 4 heterocycles. The average Bonchev–Trinajstić information content (AvgIpc) is 2.78. The lowest BCUT2D eigenvalue weighted by molar-refractivity contribution is -0.221. The summed E-state index contributed by atoms with van der Waals surface area (Å²) in [7, 11) is 1.71. The fourth-order valence-electron chi connectivity index (χ4n) is 6.40. The van der Waals surface area contributed by atoms with Crippen molar-refractivity contribution in [2.45, 2.75) is 69.8 Å². The lowest BCUT2D eigenvalue weighted by Gasteiger charge is -2.70. The molecule has 3 saturated carbocycles. The molecule has 3 aliphatic carbocycles. The molecular weight excluding hydrogens is 454 g/mol. The maximum Gasteiger partial charge on any atom is 0.277 e. The smallest absolute Gasteiger partial charge is 0.277 e. The number of fused-ring (bicyclic) bond motifs is 1. The molecule has 0 radical (unpaired) electrons. The number of rotatable bonds is 4. The van der Waals surface area contributed by atoms with Gasteiger partial charge in [-0.1, -0.05) is 0 Å². The first-order chi connectivity index (χ1) is 16.6. The van der Waals surface area contributed by atoms with Gasteiger partial charge in [0.1, 0.15) is 0 Å². The molecule has 3 aromatic rings. The van der Waals surface area contributed by atoms with Crippen molar-refractivity contribution in [1.82, 2.24) is 19.2 Å². The molecule has 0 N–H and O–H groups in total. The van der Waals surface area contributed by atoms with E-state index in [-0.39, 0.29) is 28.6 Å². The van der Waals surface area contributed by atoms with Crippen LogP contribution in [0.5, 0.6) is 0 Å². The van der Waals surface area contributed by atoms with Crippen molar-refractivity contribution in [3.63, 3.8) is 0 Å². The summed E-state index contributed by atoms with van der Waals surface area (Å²) in [6.45, 7) is 4.06. The molecule has 7 rings (SSSR count). The van der Waals surface area contributed by atoms with Gasteiger partial charge in [-0.3, -0.25) is 9.59 Å². The van der Waals surface area contributed by atoms with Crippen LogP contribution in [0.3, 0.4) is 0 Å². The van der Waals surface area contributed by atoms with Crippen LogP contribution in [0, 0.1) is 19.3 Å². The number of halogens is 2. The molecule has 2 atom stereocenters. The number of nitrogens with zero attached hydrogens (tertiary/aromatic N) is 4. The monoisotopic (exact) mass is 482 g/mol. The number of ether oxygens (including phenoxy) is 1. The second-order valence-electron chi connectivity index (χ2n) is 10.8. The molecule has 0 spiro atoms. The van der Waals surface area contributed by atoms with Crippen molar-refractivity contribution < 1.29 is 13.5 Å². The van der Waals surface area contributed by atoms with Gasteiger partial charge in [-0.2, -0.15) is 9.61 Å². The van der Waals surface area contributed by atoms with Gasteiger partial charge in [-0.15, -0.1) is 0 Å². The van der Waals surface area contributed by atoms with Crippen LogP contribution in [-0.2, 0) is 17.2 Å². The van der Waals surface area contributed by atoms with E-state index in [1.165, 1.54) is 15.1 Å². The first-order valence-electron chi connectivity index (χ1n) is 12.1. The summed E-state index contributed by atoms with van der Waals surface area (Å²) in [5.41, 5.74) is 2.69. The zero-order valence-corrected chi connectivity index (χ0v) is 20.1. The summed E-state index contributed by atoms with van der Waals surface area (Å²) in [4.78, 5) is 29.7. The van der Waals surface area contributed by atoms with Crippen LogP contribution in [0.1, 0.15) is 72.2 Å². The van der Waals surface area contributed by atoms with Crippen LogP contribution in [0.2, 0.25) is 0 Å². The fraction of sp³-hybridized carbons (Fsp3) is 0.538. The number of pyridine rings is 1. The van der Waals surface area contributed by atoms with E-state index in [0.717, 1.165) is 23.2 Å². The Balaban J connectivity index is 1.42. The molecule has 184 valence electrons. The Bertz CT molecular complexity index is 1460. The Morgan fingerprint density at radius 2 is 1.91 bits per heavy atom. The average molecular weight is 483 g/mol. The Morgan fingerprint density at radius 3 is 2.60 bits per heavy atom. The Kier molecular flexibility index (Phi) is 4.84. The van der Waals surface area contributed by atoms with E-state index in [0.29, 0.717) is 49.2 Å². The van der Waals surface area contributed by atoms with E-state index in [1.54, 1.807) is 33.2 Å². The minimum Gasteiger partial charge on any atom is -0.373 e. The highest BCUT2D eigenvalue weighted by molar-refractivity contribution is 5.57. The molecule has 0 aromatic carbocycles. The summed E-state index contributed by atoms with van der Waals surface area (Å²) in [6, 6.07) is 5.34. The summed E-state index contributed by atoms with van der Waals surface area (Å²) in [5, 5.41) is 4.75. The van der Waals surface area contributed by atoms with E-state index in [4.69, 9.17) is 14.8 Å². The van der Waals surface area contributed by atoms with E-state index in [9.17, 15) is 18.4 Å². The van der Waals surface area contributed by atoms with Crippen LogP contribution in [0.4, 0.5) is 8.78 Å². The molecule has 0 amide bonds. The van der Waals surface area contributed by atoms with E-state index in [2.05, 4.69) is 0 Å². The summed E-state index contributed by atoms with van der Waals surface area (Å²) >= 11 is 0. The van der Waals surface area contributed by atoms with E-state index < -0.39 is 11.8 Å². The third-order valence-electron chi connectivity index (χ3n) is 8.57. The van der Waals surface area contributed by atoms with Gasteiger partial charge < -0.3 is 9.30 Å². The van der Waals surface area contributed by atoms with Gasteiger partial charge in [-0.25, -0.2) is 13.8 Å². The third kappa shape index (κ3) is 3.23. The lowest BCUT2D eigenvalue weighted by Crippen LogP contribution is -2.67. The van der Waals surface area contributed by atoms with Crippen molar-refractivity contribution >= 4 is 5.65 Å². The van der Waals surface area contributed by atoms with Crippen molar-refractivity contribution in [3.8, 4) is 0 Å². The molecule has 1 saturated heterocycles. The number of hydrogen-bond acceptors (Lipinski definition) is 5. The lowest BCUT2D eigenvalue weighted by atomic mass is 9.33. The first-order valence-corrected chi connectivity index (χ1v) is 12.1. The normalized spacial score (nSPS) is 29.8. The van der Waals surface area contributed by atoms with Gasteiger partial charge >= 0.3 is 0 Å². The zero-order chi connectivity index (χ0) is 24.7. The maximum atomic E-state index is 13.6. The number of hydrogen-bond donors (Lipinski definition) is 0. The minimum atomic E-state index is -2.32. The van der Waals surface area contributed by atoms with Crippen LogP contribution in [0.25, 0.3) is 5.65 Å². The Hall–Kier alpha value is -2.94. The molecular formula is C26H28F2N4O3. The zero-order valence-electron chi connectivity index (χ0n) is 20.1. The van der Waals surface area contributed by atoms with Gasteiger partial charge in [0.2, 0.25) is 12.0 Å². The predicted octanol–water partition coefficient (Wildman–Crippen LogP) is 3.73. The third-order valence-corrected chi connectivity index (χ3v) is 8.57. The summed E-state index contributed by atoms with van der Waals surface area (Å²) < 4.78 is 36.1. The molecule has 35 heavy (non-hydrogen) atoms. The van der Waals surface area contributed by atoms with E-state index >= 15 is 0 Å². The molecule has 4 fully saturated rings. The second kappa shape index (κ2) is 7.53. The van der Waals surface area contributed by atoms with Crippen molar-refractivity contribution in [1.29, 1.82) is 0 Å². The largest absolute Gasteiger partial charge is 0.373 e. The predicted molar refractivity (Wildman–Crippen MR) is 125 cm³/mol. The van der Waals surface area contributed by atoms with Gasteiger partial charge in [-0.05, 0) is 63.6 Å². The number of aromatic nitrogens is 4. The highest BCUT2D eigenvalue weighted by Gasteiger charge is 2.72. The van der Waals surface area contributed by atoms with Crippen molar-refractivity contribution in [2.75, 3.05) is 6.61 Å². The molecule has 0 unspecified atom stereocenters. The standard InChI is InChI=1S/C26H28F2N4O3/c1-14-15(2)29-22-18(25-11-26(12-25,13-25)24(27)28)9-19(30-32(22)23(14)34)16-6-7-35-20(8-16)17-4-5-21(33)31(3)10-17/h4-5,9-10,16,20,24H,6-8,11-13H2,1-3H3/t16-,20+,25?,26?/m1/s1. The first kappa shape index (κ1) is 22.5. The molecule has 2 bridgehead atoms. The summed E-state index contributed by atoms with van der Waals surface area (Å²) in [5.74, 6) is 0.0269. The van der Waals surface area contributed by atoms with Crippen LogP contribution >= 0.6 is 0 Å². The van der Waals surface area contributed by atoms with E-state index in [1.807, 2.05) is 6.07 Å². The van der Waals surface area contributed by atoms with Crippen LogP contribution < -0.4 is 11.1 Å². The van der Waals surface area contributed by atoms with Crippen molar-refractivity contribution in [2.24, 2.45) is 12.5 Å². The van der Waals surface area contributed by atoms with Crippen LogP contribution in [0.15, 0.2) is 34.0 Å². The van der Waals surface area contributed by atoms with Gasteiger partial charge in [0, 0.05) is 59.5 Å². The molecule has 1 aliphatic heterocycles. The molecule has 3 aromatic heterocycles. The molecule has 7 nitrogen and oxygen atoms in total. The van der Waals surface area contributed by atoms with Gasteiger partial charge in [0.15, 0.2) is 5.65 Å². The molecule has 9 heteroatoms. The number of aryl methyl sites for hydroxylation is 2. The minimum absolute atomic E-state index is 0.0269. The van der Waals surface area contributed by atoms with Crippen LogP contribution in [-0.4, -0.2) is 32.2 Å². The Labute approximate surface area is 200 Å². The Morgan fingerprint density at radius 1 is 1.17 bits per heavy atom. The highest BCUT2D eigenvalue weighted by atomic mass is 19.3. The quantitative estimate of drug-likeness (QED) is 0.566.